The highest BCUT2D eigenvalue weighted by Gasteiger charge is 2.07. The molecule has 76 valence electrons. The zero-order chi connectivity index (χ0) is 10.4. The molecule has 1 rings (SSSR count). The van der Waals surface area contributed by atoms with E-state index in [1.165, 1.54) is 5.56 Å². The Hall–Kier alpha value is -1.51. The molecule has 3 N–H and O–H groups in total. The van der Waals surface area contributed by atoms with Crippen molar-refractivity contribution in [2.75, 3.05) is 7.05 Å². The Balaban J connectivity index is 2.73. The molecule has 0 aliphatic heterocycles. The lowest BCUT2D eigenvalue weighted by atomic mass is 10.1. The van der Waals surface area contributed by atoms with Crippen molar-refractivity contribution in [1.29, 1.82) is 0 Å². The zero-order valence-corrected chi connectivity index (χ0v) is 8.70. The summed E-state index contributed by atoms with van der Waals surface area (Å²) < 4.78 is 0. The van der Waals surface area contributed by atoms with Gasteiger partial charge >= 0.3 is 0 Å². The van der Waals surface area contributed by atoms with Crippen molar-refractivity contribution >= 4 is 5.96 Å². The first kappa shape index (κ1) is 10.6. The van der Waals surface area contributed by atoms with E-state index >= 15 is 0 Å². The third-order valence-corrected chi connectivity index (χ3v) is 2.17. The third kappa shape index (κ3) is 2.76. The lowest BCUT2D eigenvalue weighted by molar-refractivity contribution is 0.621. The van der Waals surface area contributed by atoms with Crippen molar-refractivity contribution in [1.82, 2.24) is 5.32 Å². The van der Waals surface area contributed by atoms with Gasteiger partial charge in [0.25, 0.3) is 0 Å². The first-order valence-corrected chi connectivity index (χ1v) is 4.81. The SMILES string of the molecule is CCC(NC(N)=NC)c1ccccc1. The van der Waals surface area contributed by atoms with E-state index in [4.69, 9.17) is 5.73 Å². The second-order valence-corrected chi connectivity index (χ2v) is 3.12. The second-order valence-electron chi connectivity index (χ2n) is 3.12. The van der Waals surface area contributed by atoms with Gasteiger partial charge in [0.1, 0.15) is 0 Å². The Kier molecular flexibility index (Phi) is 3.98. The lowest BCUT2D eigenvalue weighted by Crippen LogP contribution is -2.34. The maximum atomic E-state index is 5.63. The summed E-state index contributed by atoms with van der Waals surface area (Å²) in [7, 11) is 1.68. The fourth-order valence-electron chi connectivity index (χ4n) is 1.35. The maximum absolute atomic E-state index is 5.63. The van der Waals surface area contributed by atoms with Gasteiger partial charge in [-0.3, -0.25) is 4.99 Å². The number of nitrogens with one attached hydrogen (secondary N) is 1. The van der Waals surface area contributed by atoms with E-state index in [0.717, 1.165) is 6.42 Å². The van der Waals surface area contributed by atoms with Crippen LogP contribution in [0.3, 0.4) is 0 Å². The average molecular weight is 191 g/mol. The van der Waals surface area contributed by atoms with E-state index in [-0.39, 0.29) is 6.04 Å². The number of hydrogen-bond acceptors (Lipinski definition) is 1. The molecule has 0 saturated carbocycles. The molecule has 0 aromatic heterocycles. The highest BCUT2D eigenvalue weighted by Crippen LogP contribution is 2.15. The summed E-state index contributed by atoms with van der Waals surface area (Å²) in [6.07, 6.45) is 0.986. The van der Waals surface area contributed by atoms with Crippen molar-refractivity contribution in [3.8, 4) is 0 Å². The summed E-state index contributed by atoms with van der Waals surface area (Å²) in [5, 5.41) is 3.16. The minimum atomic E-state index is 0.250. The van der Waals surface area contributed by atoms with Gasteiger partial charge in [-0.2, -0.15) is 0 Å². The van der Waals surface area contributed by atoms with E-state index in [2.05, 4.69) is 29.4 Å². The molecule has 1 aromatic rings. The van der Waals surface area contributed by atoms with Crippen LogP contribution < -0.4 is 11.1 Å². The highest BCUT2D eigenvalue weighted by molar-refractivity contribution is 5.78. The van der Waals surface area contributed by atoms with Gasteiger partial charge in [0.15, 0.2) is 5.96 Å². The Labute approximate surface area is 85.0 Å². The first-order valence-electron chi connectivity index (χ1n) is 4.81. The van der Waals surface area contributed by atoms with Crippen LogP contribution in [0, 0.1) is 0 Å². The van der Waals surface area contributed by atoms with Gasteiger partial charge < -0.3 is 11.1 Å². The number of hydrogen-bond donors (Lipinski definition) is 2. The fourth-order valence-corrected chi connectivity index (χ4v) is 1.35. The van der Waals surface area contributed by atoms with E-state index in [1.54, 1.807) is 7.05 Å². The van der Waals surface area contributed by atoms with Gasteiger partial charge in [-0.1, -0.05) is 37.3 Å². The molecule has 1 atom stereocenters. The molecule has 0 amide bonds. The standard InChI is InChI=1S/C11H17N3/c1-3-10(14-11(12)13-2)9-7-5-4-6-8-9/h4-8,10H,3H2,1-2H3,(H3,12,13,14). The minimum absolute atomic E-state index is 0.250. The van der Waals surface area contributed by atoms with Gasteiger partial charge in [-0.25, -0.2) is 0 Å². The monoisotopic (exact) mass is 191 g/mol. The molecule has 0 radical (unpaired) electrons. The van der Waals surface area contributed by atoms with Crippen LogP contribution in [0.5, 0.6) is 0 Å². The number of guanidine groups is 1. The molecule has 0 saturated heterocycles. The van der Waals surface area contributed by atoms with Crippen LogP contribution in [0.1, 0.15) is 24.9 Å². The number of rotatable bonds is 3. The Morgan fingerprint density at radius 1 is 1.43 bits per heavy atom. The molecule has 0 aliphatic rings. The average Bonchev–Trinajstić information content (AvgIpc) is 2.26. The molecular formula is C11H17N3. The summed E-state index contributed by atoms with van der Waals surface area (Å²) in [5.74, 6) is 0.487. The van der Waals surface area contributed by atoms with Crippen molar-refractivity contribution < 1.29 is 0 Å². The predicted octanol–water partition coefficient (Wildman–Crippen LogP) is 1.67. The van der Waals surface area contributed by atoms with Crippen LogP contribution in [0.2, 0.25) is 0 Å². The summed E-state index contributed by atoms with van der Waals surface area (Å²) >= 11 is 0. The van der Waals surface area contributed by atoms with Gasteiger partial charge in [0, 0.05) is 7.05 Å². The molecule has 0 heterocycles. The summed E-state index contributed by atoms with van der Waals surface area (Å²) in [6.45, 7) is 2.12. The Morgan fingerprint density at radius 3 is 2.57 bits per heavy atom. The van der Waals surface area contributed by atoms with Crippen LogP contribution in [-0.2, 0) is 0 Å². The summed E-state index contributed by atoms with van der Waals surface area (Å²) in [5.41, 5.74) is 6.86. The van der Waals surface area contributed by atoms with Crippen LogP contribution in [0.4, 0.5) is 0 Å². The van der Waals surface area contributed by atoms with Crippen molar-refractivity contribution in [2.24, 2.45) is 10.7 Å². The van der Waals surface area contributed by atoms with Crippen molar-refractivity contribution in [3.05, 3.63) is 35.9 Å². The third-order valence-electron chi connectivity index (χ3n) is 2.17. The van der Waals surface area contributed by atoms with E-state index in [1.807, 2.05) is 18.2 Å². The summed E-state index contributed by atoms with van der Waals surface area (Å²) in [6, 6.07) is 10.5. The quantitative estimate of drug-likeness (QED) is 0.564. The molecule has 3 heteroatoms. The topological polar surface area (TPSA) is 50.4 Å². The van der Waals surface area contributed by atoms with Crippen LogP contribution in [-0.4, -0.2) is 13.0 Å². The largest absolute Gasteiger partial charge is 0.370 e. The molecule has 0 bridgehead atoms. The molecular weight excluding hydrogens is 174 g/mol. The van der Waals surface area contributed by atoms with E-state index in [9.17, 15) is 0 Å². The normalized spacial score (nSPS) is 13.7. The minimum Gasteiger partial charge on any atom is -0.370 e. The Morgan fingerprint density at radius 2 is 2.07 bits per heavy atom. The Bertz CT molecular complexity index is 293. The predicted molar refractivity (Wildman–Crippen MR) is 60.2 cm³/mol. The molecule has 1 aromatic carbocycles. The van der Waals surface area contributed by atoms with E-state index in [0.29, 0.717) is 5.96 Å². The maximum Gasteiger partial charge on any atom is 0.188 e. The second kappa shape index (κ2) is 5.27. The van der Waals surface area contributed by atoms with Gasteiger partial charge in [-0.15, -0.1) is 0 Å². The lowest BCUT2D eigenvalue weighted by Gasteiger charge is -2.17. The van der Waals surface area contributed by atoms with Crippen LogP contribution >= 0.6 is 0 Å². The van der Waals surface area contributed by atoms with Crippen molar-refractivity contribution in [2.45, 2.75) is 19.4 Å². The first-order chi connectivity index (χ1) is 6.77. The number of aliphatic imine (C=N–C) groups is 1. The highest BCUT2D eigenvalue weighted by atomic mass is 15.1. The van der Waals surface area contributed by atoms with Gasteiger partial charge in [-0.05, 0) is 12.0 Å². The van der Waals surface area contributed by atoms with Crippen LogP contribution in [0.15, 0.2) is 35.3 Å². The van der Waals surface area contributed by atoms with E-state index < -0.39 is 0 Å². The molecule has 1 unspecified atom stereocenters. The number of nitrogens with two attached hydrogens (primary N) is 1. The molecule has 0 aliphatic carbocycles. The van der Waals surface area contributed by atoms with Crippen LogP contribution in [0.25, 0.3) is 0 Å². The summed E-state index contributed by atoms with van der Waals surface area (Å²) in [4.78, 5) is 3.89. The fraction of sp³-hybridized carbons (Fsp3) is 0.364. The zero-order valence-electron chi connectivity index (χ0n) is 8.70. The number of benzene rings is 1. The van der Waals surface area contributed by atoms with Gasteiger partial charge in [0.2, 0.25) is 0 Å². The molecule has 0 fully saturated rings. The number of nitrogens with zero attached hydrogens (tertiary/aromatic N) is 1. The molecule has 0 spiro atoms. The van der Waals surface area contributed by atoms with Gasteiger partial charge in [0.05, 0.1) is 6.04 Å². The molecule has 14 heavy (non-hydrogen) atoms. The van der Waals surface area contributed by atoms with Crippen molar-refractivity contribution in [3.63, 3.8) is 0 Å². The molecule has 3 nitrogen and oxygen atoms in total. The smallest absolute Gasteiger partial charge is 0.188 e.